The Balaban J connectivity index is 1.30. The van der Waals surface area contributed by atoms with Gasteiger partial charge in [-0.3, -0.25) is 10.2 Å². The zero-order valence-electron chi connectivity index (χ0n) is 18.7. The highest BCUT2D eigenvalue weighted by molar-refractivity contribution is 5.99. The third-order valence-electron chi connectivity index (χ3n) is 5.67. The summed E-state index contributed by atoms with van der Waals surface area (Å²) in [4.78, 5) is 25.7. The maximum atomic E-state index is 12.4. The molecular weight excluding hydrogens is 400 g/mol. The van der Waals surface area contributed by atoms with E-state index in [2.05, 4.69) is 68.5 Å². The van der Waals surface area contributed by atoms with E-state index in [-0.39, 0.29) is 6.03 Å². The Morgan fingerprint density at radius 2 is 1.66 bits per heavy atom. The van der Waals surface area contributed by atoms with E-state index in [1.807, 2.05) is 36.4 Å². The van der Waals surface area contributed by atoms with Gasteiger partial charge in [0, 0.05) is 44.5 Å². The topological polar surface area (TPSA) is 73.4 Å². The van der Waals surface area contributed by atoms with Crippen molar-refractivity contribution in [3.8, 4) is 0 Å². The van der Waals surface area contributed by atoms with Crippen LogP contribution in [0.3, 0.4) is 0 Å². The average Bonchev–Trinajstić information content (AvgIpc) is 2.81. The number of hydrogen-bond acceptors (Lipinski definition) is 5. The first kappa shape index (κ1) is 21.8. The van der Waals surface area contributed by atoms with Crippen molar-refractivity contribution in [1.82, 2.24) is 14.9 Å². The molecule has 1 fully saturated rings. The maximum absolute atomic E-state index is 12.4. The van der Waals surface area contributed by atoms with Gasteiger partial charge in [0.15, 0.2) is 0 Å². The number of nitrogens with zero attached hydrogens (tertiary/aromatic N) is 4. The molecule has 0 saturated carbocycles. The third kappa shape index (κ3) is 5.82. The second-order valence-electron chi connectivity index (χ2n) is 8.37. The fraction of sp³-hybridized carbons (Fsp3) is 0.320. The van der Waals surface area contributed by atoms with E-state index >= 15 is 0 Å². The van der Waals surface area contributed by atoms with Crippen LogP contribution in [0.2, 0.25) is 0 Å². The van der Waals surface area contributed by atoms with Crippen LogP contribution in [-0.2, 0) is 6.54 Å². The number of benzene rings is 2. The molecule has 2 N–H and O–H groups in total. The Labute approximate surface area is 189 Å². The number of piperazine rings is 1. The molecule has 0 radical (unpaired) electrons. The Kier molecular flexibility index (Phi) is 6.97. The van der Waals surface area contributed by atoms with Crippen molar-refractivity contribution in [2.75, 3.05) is 41.7 Å². The molecule has 1 saturated heterocycles. The van der Waals surface area contributed by atoms with Gasteiger partial charge >= 0.3 is 6.03 Å². The highest BCUT2D eigenvalue weighted by Gasteiger charge is 2.19. The molecule has 1 aliphatic rings. The van der Waals surface area contributed by atoms with E-state index in [0.29, 0.717) is 11.7 Å². The van der Waals surface area contributed by atoms with Crippen LogP contribution < -0.4 is 15.5 Å². The van der Waals surface area contributed by atoms with E-state index in [0.717, 1.165) is 44.2 Å². The van der Waals surface area contributed by atoms with Gasteiger partial charge in [-0.1, -0.05) is 56.3 Å². The molecule has 32 heavy (non-hydrogen) atoms. The second kappa shape index (κ2) is 10.2. The van der Waals surface area contributed by atoms with Crippen molar-refractivity contribution in [2.45, 2.75) is 26.3 Å². The van der Waals surface area contributed by atoms with Crippen LogP contribution in [0.1, 0.15) is 30.9 Å². The third-order valence-corrected chi connectivity index (χ3v) is 5.67. The zero-order chi connectivity index (χ0) is 22.3. The lowest BCUT2D eigenvalue weighted by molar-refractivity contribution is 0.249. The van der Waals surface area contributed by atoms with Gasteiger partial charge in [-0.2, -0.15) is 0 Å². The predicted octanol–water partition coefficient (Wildman–Crippen LogP) is 4.57. The number of urea groups is 1. The molecule has 2 amide bonds. The van der Waals surface area contributed by atoms with E-state index in [9.17, 15) is 4.79 Å². The van der Waals surface area contributed by atoms with Crippen molar-refractivity contribution < 1.29 is 4.79 Å². The lowest BCUT2D eigenvalue weighted by Crippen LogP contribution is -2.46. The lowest BCUT2D eigenvalue weighted by atomic mass is 10.0. The summed E-state index contributed by atoms with van der Waals surface area (Å²) in [7, 11) is 0. The minimum atomic E-state index is -0.320. The number of anilines is 3. The van der Waals surface area contributed by atoms with Gasteiger partial charge in [0.2, 0.25) is 0 Å². The summed E-state index contributed by atoms with van der Waals surface area (Å²) in [6.45, 7) is 8.96. The minimum Gasteiger partial charge on any atom is -0.354 e. The standard InChI is InChI=1S/C25H30N6O/c1-19(2)21-8-10-22(11-9-21)28-25(32)29-23-16-24(27-18-26-23)31-14-12-30(13-15-31)17-20-6-4-3-5-7-20/h3-11,16,18-19H,12-15,17H2,1-2H3,(H2,26,27,28,29,32). The van der Waals surface area contributed by atoms with Crippen molar-refractivity contribution in [3.05, 3.63) is 78.1 Å². The number of aromatic nitrogens is 2. The normalized spacial score (nSPS) is 14.4. The largest absolute Gasteiger partial charge is 0.354 e. The summed E-state index contributed by atoms with van der Waals surface area (Å²) in [5.74, 6) is 1.77. The summed E-state index contributed by atoms with van der Waals surface area (Å²) in [5, 5.41) is 5.66. The molecule has 0 unspecified atom stereocenters. The van der Waals surface area contributed by atoms with Crippen LogP contribution in [0.15, 0.2) is 67.0 Å². The summed E-state index contributed by atoms with van der Waals surface area (Å²) < 4.78 is 0. The molecule has 166 valence electrons. The first-order valence-electron chi connectivity index (χ1n) is 11.1. The van der Waals surface area contributed by atoms with Crippen molar-refractivity contribution in [3.63, 3.8) is 0 Å². The number of amides is 2. The first-order valence-corrected chi connectivity index (χ1v) is 11.1. The van der Waals surface area contributed by atoms with Crippen LogP contribution in [-0.4, -0.2) is 47.1 Å². The molecule has 7 heteroatoms. The monoisotopic (exact) mass is 430 g/mol. The number of nitrogens with one attached hydrogen (secondary N) is 2. The van der Waals surface area contributed by atoms with E-state index in [1.165, 1.54) is 17.5 Å². The zero-order valence-corrected chi connectivity index (χ0v) is 18.7. The molecule has 1 aromatic heterocycles. The lowest BCUT2D eigenvalue weighted by Gasteiger charge is -2.35. The first-order chi connectivity index (χ1) is 15.6. The Morgan fingerprint density at radius 3 is 2.34 bits per heavy atom. The van der Waals surface area contributed by atoms with Crippen LogP contribution in [0.25, 0.3) is 0 Å². The van der Waals surface area contributed by atoms with Crippen LogP contribution in [0, 0.1) is 0 Å². The van der Waals surface area contributed by atoms with E-state index < -0.39 is 0 Å². The molecule has 2 heterocycles. The van der Waals surface area contributed by atoms with Gasteiger partial charge in [-0.15, -0.1) is 0 Å². The number of carbonyl (C=O) groups is 1. The van der Waals surface area contributed by atoms with Crippen LogP contribution in [0.5, 0.6) is 0 Å². The molecule has 3 aromatic rings. The van der Waals surface area contributed by atoms with Gasteiger partial charge in [0.25, 0.3) is 0 Å². The maximum Gasteiger partial charge on any atom is 0.324 e. The van der Waals surface area contributed by atoms with Crippen LogP contribution >= 0.6 is 0 Å². The van der Waals surface area contributed by atoms with Gasteiger partial charge in [0.1, 0.15) is 18.0 Å². The summed E-state index contributed by atoms with van der Waals surface area (Å²) in [6.07, 6.45) is 1.50. The SMILES string of the molecule is CC(C)c1ccc(NC(=O)Nc2cc(N3CCN(Cc4ccccc4)CC3)ncn2)cc1. The minimum absolute atomic E-state index is 0.320. The van der Waals surface area contributed by atoms with Gasteiger partial charge in [-0.25, -0.2) is 14.8 Å². The predicted molar refractivity (Wildman–Crippen MR) is 129 cm³/mol. The molecule has 2 aromatic carbocycles. The highest BCUT2D eigenvalue weighted by Crippen LogP contribution is 2.19. The molecule has 1 aliphatic heterocycles. The summed E-state index contributed by atoms with van der Waals surface area (Å²) in [6, 6.07) is 19.9. The van der Waals surface area contributed by atoms with Crippen molar-refractivity contribution in [2.24, 2.45) is 0 Å². The fourth-order valence-electron chi connectivity index (χ4n) is 3.80. The Hall–Kier alpha value is -3.45. The molecule has 4 rings (SSSR count). The molecular formula is C25H30N6O. The van der Waals surface area contributed by atoms with Crippen LogP contribution in [0.4, 0.5) is 22.1 Å². The smallest absolute Gasteiger partial charge is 0.324 e. The number of carbonyl (C=O) groups excluding carboxylic acids is 1. The quantitative estimate of drug-likeness (QED) is 0.599. The fourth-order valence-corrected chi connectivity index (χ4v) is 3.80. The summed E-state index contributed by atoms with van der Waals surface area (Å²) >= 11 is 0. The Morgan fingerprint density at radius 1 is 0.938 bits per heavy atom. The van der Waals surface area contributed by atoms with Gasteiger partial charge in [0.05, 0.1) is 0 Å². The van der Waals surface area contributed by atoms with E-state index in [4.69, 9.17) is 0 Å². The van der Waals surface area contributed by atoms with Gasteiger partial charge < -0.3 is 10.2 Å². The average molecular weight is 431 g/mol. The Bertz CT molecular complexity index is 1010. The molecule has 7 nitrogen and oxygen atoms in total. The molecule has 0 atom stereocenters. The van der Waals surface area contributed by atoms with Crippen molar-refractivity contribution in [1.29, 1.82) is 0 Å². The van der Waals surface area contributed by atoms with Gasteiger partial charge in [-0.05, 0) is 29.2 Å². The molecule has 0 aliphatic carbocycles. The number of hydrogen-bond donors (Lipinski definition) is 2. The van der Waals surface area contributed by atoms with Crippen molar-refractivity contribution >= 4 is 23.4 Å². The number of rotatable bonds is 6. The highest BCUT2D eigenvalue weighted by atomic mass is 16.2. The summed E-state index contributed by atoms with van der Waals surface area (Å²) in [5.41, 5.74) is 3.32. The van der Waals surface area contributed by atoms with E-state index in [1.54, 1.807) is 0 Å². The second-order valence-corrected chi connectivity index (χ2v) is 8.37. The molecule has 0 bridgehead atoms. The molecule has 0 spiro atoms.